The second kappa shape index (κ2) is 11.7. The molecule has 3 heteroatoms. The lowest BCUT2D eigenvalue weighted by molar-refractivity contribution is 1.07. The SMILES string of the molecule is c1ccc(-c2nc(-c3ccccc3)nc(-c3cc4ccccc4cc3-c3ccc(-c4cc5ccccc5c5ccccc45)cc3)n2)cc1. The first kappa shape index (κ1) is 27.8. The topological polar surface area (TPSA) is 38.7 Å². The van der Waals surface area contributed by atoms with Crippen LogP contribution in [0.4, 0.5) is 0 Å². The summed E-state index contributed by atoms with van der Waals surface area (Å²) in [6, 6.07) is 61.8. The molecule has 1 aromatic heterocycles. The van der Waals surface area contributed by atoms with Gasteiger partial charge in [-0.15, -0.1) is 0 Å². The lowest BCUT2D eigenvalue weighted by Gasteiger charge is -2.15. The molecular weight excluding hydrogens is 583 g/mol. The number of hydrogen-bond acceptors (Lipinski definition) is 3. The normalized spacial score (nSPS) is 11.3. The first-order valence-corrected chi connectivity index (χ1v) is 16.2. The van der Waals surface area contributed by atoms with Crippen molar-refractivity contribution in [3.05, 3.63) is 176 Å². The standard InChI is InChI=1S/C45H29N3/c1-3-13-32(14-4-1)43-46-44(33-15-5-2-6-16-33)48-45(47-43)42-28-35-18-8-7-17-34(35)27-41(42)31-25-23-30(24-26-31)40-29-36-19-9-10-20-37(36)38-21-11-12-22-39(38)40/h1-29H. The van der Waals surface area contributed by atoms with Crippen LogP contribution in [0.3, 0.4) is 0 Å². The van der Waals surface area contributed by atoms with Crippen molar-refractivity contribution in [1.82, 2.24) is 15.0 Å². The smallest absolute Gasteiger partial charge is 0.164 e. The van der Waals surface area contributed by atoms with Crippen molar-refractivity contribution >= 4 is 32.3 Å². The Balaban J connectivity index is 1.23. The molecule has 0 amide bonds. The fourth-order valence-corrected chi connectivity index (χ4v) is 6.72. The van der Waals surface area contributed by atoms with Crippen LogP contribution >= 0.6 is 0 Å². The third-order valence-electron chi connectivity index (χ3n) is 9.10. The Kier molecular flexibility index (Phi) is 6.80. The highest BCUT2D eigenvalue weighted by molar-refractivity contribution is 6.13. The molecule has 224 valence electrons. The van der Waals surface area contributed by atoms with Crippen LogP contribution in [0, 0.1) is 0 Å². The molecule has 0 aliphatic carbocycles. The number of benzene rings is 8. The van der Waals surface area contributed by atoms with Crippen molar-refractivity contribution in [2.45, 2.75) is 0 Å². The summed E-state index contributed by atoms with van der Waals surface area (Å²) in [7, 11) is 0. The maximum Gasteiger partial charge on any atom is 0.164 e. The van der Waals surface area contributed by atoms with Gasteiger partial charge in [0.25, 0.3) is 0 Å². The largest absolute Gasteiger partial charge is 0.208 e. The third-order valence-corrected chi connectivity index (χ3v) is 9.10. The molecule has 3 nitrogen and oxygen atoms in total. The van der Waals surface area contributed by atoms with E-state index in [1.165, 1.54) is 38.1 Å². The predicted octanol–water partition coefficient (Wildman–Crippen LogP) is 11.7. The zero-order valence-corrected chi connectivity index (χ0v) is 26.1. The van der Waals surface area contributed by atoms with Crippen molar-refractivity contribution in [3.8, 4) is 56.4 Å². The van der Waals surface area contributed by atoms with Gasteiger partial charge >= 0.3 is 0 Å². The highest BCUT2D eigenvalue weighted by Crippen LogP contribution is 2.39. The molecule has 9 aromatic rings. The third kappa shape index (κ3) is 4.99. The molecule has 48 heavy (non-hydrogen) atoms. The first-order chi connectivity index (χ1) is 23.8. The van der Waals surface area contributed by atoms with Crippen LogP contribution in [0.1, 0.15) is 0 Å². The maximum atomic E-state index is 5.10. The average molecular weight is 612 g/mol. The lowest BCUT2D eigenvalue weighted by Crippen LogP contribution is -2.01. The molecule has 0 unspecified atom stereocenters. The number of hydrogen-bond donors (Lipinski definition) is 0. The monoisotopic (exact) mass is 611 g/mol. The minimum Gasteiger partial charge on any atom is -0.208 e. The molecule has 0 spiro atoms. The Morgan fingerprint density at radius 1 is 0.250 bits per heavy atom. The van der Waals surface area contributed by atoms with Crippen molar-refractivity contribution in [1.29, 1.82) is 0 Å². The van der Waals surface area contributed by atoms with Gasteiger partial charge in [-0.3, -0.25) is 0 Å². The quantitative estimate of drug-likeness (QED) is 0.182. The second-order valence-corrected chi connectivity index (χ2v) is 12.1. The molecule has 9 rings (SSSR count). The van der Waals surface area contributed by atoms with E-state index in [1.54, 1.807) is 0 Å². The van der Waals surface area contributed by atoms with Crippen LogP contribution < -0.4 is 0 Å². The summed E-state index contributed by atoms with van der Waals surface area (Å²) in [6.45, 7) is 0. The Hall–Kier alpha value is -6.45. The van der Waals surface area contributed by atoms with E-state index in [4.69, 9.17) is 15.0 Å². The second-order valence-electron chi connectivity index (χ2n) is 12.1. The summed E-state index contributed by atoms with van der Waals surface area (Å²) in [4.78, 5) is 15.1. The molecule has 1 heterocycles. The molecule has 0 saturated heterocycles. The zero-order valence-electron chi connectivity index (χ0n) is 26.1. The van der Waals surface area contributed by atoms with Gasteiger partial charge < -0.3 is 0 Å². The molecule has 0 N–H and O–H groups in total. The fourth-order valence-electron chi connectivity index (χ4n) is 6.72. The van der Waals surface area contributed by atoms with Gasteiger partial charge in [-0.1, -0.05) is 158 Å². The van der Waals surface area contributed by atoms with E-state index in [-0.39, 0.29) is 0 Å². The molecular formula is C45H29N3. The molecule has 0 aliphatic rings. The van der Waals surface area contributed by atoms with Gasteiger partial charge in [0.15, 0.2) is 17.5 Å². The molecule has 0 aliphatic heterocycles. The molecule has 0 bridgehead atoms. The Labute approximate surface area is 278 Å². The summed E-state index contributed by atoms with van der Waals surface area (Å²) >= 11 is 0. The van der Waals surface area contributed by atoms with E-state index >= 15 is 0 Å². The van der Waals surface area contributed by atoms with Gasteiger partial charge in [0.2, 0.25) is 0 Å². The number of aromatic nitrogens is 3. The molecule has 8 aromatic carbocycles. The molecule has 0 atom stereocenters. The lowest BCUT2D eigenvalue weighted by atomic mass is 9.91. The van der Waals surface area contributed by atoms with Crippen molar-refractivity contribution in [3.63, 3.8) is 0 Å². The van der Waals surface area contributed by atoms with E-state index < -0.39 is 0 Å². The molecule has 0 radical (unpaired) electrons. The number of nitrogens with zero attached hydrogens (tertiary/aromatic N) is 3. The van der Waals surface area contributed by atoms with E-state index in [1.807, 2.05) is 60.7 Å². The average Bonchev–Trinajstić information content (AvgIpc) is 3.17. The van der Waals surface area contributed by atoms with Crippen molar-refractivity contribution < 1.29 is 0 Å². The maximum absolute atomic E-state index is 5.10. The van der Waals surface area contributed by atoms with Crippen LogP contribution in [0.2, 0.25) is 0 Å². The van der Waals surface area contributed by atoms with Gasteiger partial charge in [-0.2, -0.15) is 0 Å². The molecule has 0 saturated carbocycles. The highest BCUT2D eigenvalue weighted by Gasteiger charge is 2.17. The van der Waals surface area contributed by atoms with Crippen LogP contribution in [-0.2, 0) is 0 Å². The summed E-state index contributed by atoms with van der Waals surface area (Å²) in [6.07, 6.45) is 0. The summed E-state index contributed by atoms with van der Waals surface area (Å²) in [5, 5.41) is 7.34. The fraction of sp³-hybridized carbons (Fsp3) is 0. The van der Waals surface area contributed by atoms with Crippen LogP contribution in [0.5, 0.6) is 0 Å². The minimum atomic E-state index is 0.646. The Morgan fingerprint density at radius 3 is 1.27 bits per heavy atom. The van der Waals surface area contributed by atoms with Crippen molar-refractivity contribution in [2.24, 2.45) is 0 Å². The van der Waals surface area contributed by atoms with E-state index in [9.17, 15) is 0 Å². The van der Waals surface area contributed by atoms with Crippen molar-refractivity contribution in [2.75, 3.05) is 0 Å². The van der Waals surface area contributed by atoms with Gasteiger partial charge in [0.1, 0.15) is 0 Å². The van der Waals surface area contributed by atoms with E-state index in [0.717, 1.165) is 33.2 Å². The van der Waals surface area contributed by atoms with Gasteiger partial charge in [-0.05, 0) is 72.8 Å². The zero-order chi connectivity index (χ0) is 31.9. The Morgan fingerprint density at radius 2 is 0.667 bits per heavy atom. The van der Waals surface area contributed by atoms with Crippen LogP contribution in [0.25, 0.3) is 88.7 Å². The van der Waals surface area contributed by atoms with E-state index in [2.05, 4.69) is 115 Å². The Bertz CT molecular complexity index is 2540. The van der Waals surface area contributed by atoms with Gasteiger partial charge in [0.05, 0.1) is 0 Å². The number of fused-ring (bicyclic) bond motifs is 4. The highest BCUT2D eigenvalue weighted by atomic mass is 15.0. The molecule has 0 fully saturated rings. The summed E-state index contributed by atoms with van der Waals surface area (Å²) in [5.41, 5.74) is 7.46. The first-order valence-electron chi connectivity index (χ1n) is 16.2. The predicted molar refractivity (Wildman–Crippen MR) is 200 cm³/mol. The van der Waals surface area contributed by atoms with Gasteiger partial charge in [-0.25, -0.2) is 15.0 Å². The van der Waals surface area contributed by atoms with E-state index in [0.29, 0.717) is 17.5 Å². The van der Waals surface area contributed by atoms with Gasteiger partial charge in [0, 0.05) is 16.7 Å². The van der Waals surface area contributed by atoms with Crippen LogP contribution in [-0.4, -0.2) is 15.0 Å². The van der Waals surface area contributed by atoms with Crippen LogP contribution in [0.15, 0.2) is 176 Å². The summed E-state index contributed by atoms with van der Waals surface area (Å²) in [5.74, 6) is 1.95. The number of rotatable bonds is 5. The minimum absolute atomic E-state index is 0.646. The summed E-state index contributed by atoms with van der Waals surface area (Å²) < 4.78 is 0.